The number of hydrogen-bond acceptors (Lipinski definition) is 7. The Morgan fingerprint density at radius 3 is 1.68 bits per heavy atom. The smallest absolute Gasteiger partial charge is 0.243 e. The molecule has 0 rings (SSSR count). The van der Waals surface area contributed by atoms with Gasteiger partial charge in [-0.1, -0.05) is 54.4 Å². The number of carbonyl (C=O) groups is 5. The minimum atomic E-state index is -0.940. The second kappa shape index (κ2) is 18.0. The molecule has 0 aromatic rings. The molecule has 0 aromatic heterocycles. The molecule has 0 fully saturated rings. The van der Waals surface area contributed by atoms with Crippen LogP contribution < -0.4 is 32.7 Å². The summed E-state index contributed by atoms with van der Waals surface area (Å²) in [4.78, 5) is 63.4. The average Bonchev–Trinajstić information content (AvgIpc) is 2.85. The highest BCUT2D eigenvalue weighted by atomic mass is 32.2. The predicted molar refractivity (Wildman–Crippen MR) is 147 cm³/mol. The zero-order valence-corrected chi connectivity index (χ0v) is 24.2. The Kier molecular flexibility index (Phi) is 16.9. The molecule has 0 aliphatic carbocycles. The zero-order chi connectivity index (χ0) is 28.7. The molecule has 0 saturated heterocycles. The van der Waals surface area contributed by atoms with Gasteiger partial charge in [-0.05, 0) is 42.6 Å². The van der Waals surface area contributed by atoms with Gasteiger partial charge in [0.1, 0.15) is 24.2 Å². The Morgan fingerprint density at radius 2 is 1.24 bits per heavy atom. The van der Waals surface area contributed by atoms with Gasteiger partial charge in [0.15, 0.2) is 0 Å². The molecule has 5 amide bonds. The molecular weight excluding hydrogens is 496 g/mol. The van der Waals surface area contributed by atoms with Crippen molar-refractivity contribution in [3.63, 3.8) is 0 Å². The highest BCUT2D eigenvalue weighted by Gasteiger charge is 2.34. The van der Waals surface area contributed by atoms with Gasteiger partial charge in [0, 0.05) is 0 Å². The molecule has 6 atom stereocenters. The van der Waals surface area contributed by atoms with E-state index in [2.05, 4.69) is 21.3 Å². The Bertz CT molecular complexity index is 766. The first-order chi connectivity index (χ1) is 17.3. The van der Waals surface area contributed by atoms with Crippen molar-refractivity contribution in [2.45, 2.75) is 91.4 Å². The molecule has 37 heavy (non-hydrogen) atoms. The number of primary amides is 1. The topological polar surface area (TPSA) is 186 Å². The number of nitrogens with one attached hydrogen (secondary N) is 4. The first-order valence-electron chi connectivity index (χ1n) is 13.0. The molecule has 214 valence electrons. The van der Waals surface area contributed by atoms with Crippen molar-refractivity contribution in [2.75, 3.05) is 18.6 Å². The van der Waals surface area contributed by atoms with Crippen LogP contribution in [0.2, 0.25) is 0 Å². The number of thioether (sulfide) groups is 1. The summed E-state index contributed by atoms with van der Waals surface area (Å²) >= 11 is 1.53. The Hall–Kier alpha value is -2.34. The van der Waals surface area contributed by atoms with Gasteiger partial charge in [0.2, 0.25) is 29.5 Å². The summed E-state index contributed by atoms with van der Waals surface area (Å²) in [5.74, 6) is -2.38. The monoisotopic (exact) mass is 544 g/mol. The first-order valence-corrected chi connectivity index (χ1v) is 14.4. The summed E-state index contributed by atoms with van der Waals surface area (Å²) in [5, 5.41) is 10.9. The second-order valence-corrected chi connectivity index (χ2v) is 10.9. The van der Waals surface area contributed by atoms with Crippen LogP contribution >= 0.6 is 11.8 Å². The van der Waals surface area contributed by atoms with E-state index in [1.807, 2.05) is 47.8 Å². The fourth-order valence-electron chi connectivity index (χ4n) is 3.64. The van der Waals surface area contributed by atoms with Gasteiger partial charge >= 0.3 is 0 Å². The molecule has 12 heteroatoms. The quantitative estimate of drug-likeness (QED) is 0.143. The van der Waals surface area contributed by atoms with Crippen LogP contribution in [0.15, 0.2) is 0 Å². The van der Waals surface area contributed by atoms with E-state index >= 15 is 0 Å². The molecule has 0 heterocycles. The maximum absolute atomic E-state index is 13.4. The zero-order valence-electron chi connectivity index (χ0n) is 23.4. The van der Waals surface area contributed by atoms with Crippen molar-refractivity contribution in [1.82, 2.24) is 21.3 Å². The van der Waals surface area contributed by atoms with E-state index in [4.69, 9.17) is 11.5 Å². The van der Waals surface area contributed by atoms with Gasteiger partial charge in [-0.3, -0.25) is 24.0 Å². The summed E-state index contributed by atoms with van der Waals surface area (Å²) in [6.45, 7) is 11.0. The molecule has 0 unspecified atom stereocenters. The summed E-state index contributed by atoms with van der Waals surface area (Å²) in [6.07, 6.45) is 3.80. The van der Waals surface area contributed by atoms with E-state index in [0.717, 1.165) is 0 Å². The summed E-state index contributed by atoms with van der Waals surface area (Å²) < 4.78 is 0. The van der Waals surface area contributed by atoms with E-state index in [1.54, 1.807) is 0 Å². The van der Waals surface area contributed by atoms with Crippen molar-refractivity contribution in [3.05, 3.63) is 0 Å². The Morgan fingerprint density at radius 1 is 0.757 bits per heavy atom. The summed E-state index contributed by atoms with van der Waals surface area (Å²) in [6, 6.07) is -3.57. The molecule has 0 aliphatic heterocycles. The molecule has 0 aliphatic rings. The van der Waals surface area contributed by atoms with Crippen LogP contribution in [0.5, 0.6) is 0 Å². The second-order valence-electron chi connectivity index (χ2n) is 9.94. The lowest BCUT2D eigenvalue weighted by atomic mass is 9.94. The van der Waals surface area contributed by atoms with E-state index in [0.29, 0.717) is 31.4 Å². The Balaban J connectivity index is 5.80. The van der Waals surface area contributed by atoms with Gasteiger partial charge in [-0.15, -0.1) is 0 Å². The largest absolute Gasteiger partial charge is 0.368 e. The van der Waals surface area contributed by atoms with Crippen LogP contribution in [0.25, 0.3) is 0 Å². The number of nitrogens with two attached hydrogens (primary N) is 2. The van der Waals surface area contributed by atoms with Gasteiger partial charge in [-0.25, -0.2) is 0 Å². The van der Waals surface area contributed by atoms with Gasteiger partial charge in [0.05, 0.1) is 6.54 Å². The minimum absolute atomic E-state index is 0.0622. The highest BCUT2D eigenvalue weighted by molar-refractivity contribution is 7.98. The number of carbonyl (C=O) groups excluding carboxylic acids is 5. The van der Waals surface area contributed by atoms with Gasteiger partial charge < -0.3 is 32.7 Å². The fourth-order valence-corrected chi connectivity index (χ4v) is 4.11. The molecule has 11 nitrogen and oxygen atoms in total. The maximum atomic E-state index is 13.4. The lowest BCUT2D eigenvalue weighted by molar-refractivity contribution is -0.135. The molecular formula is C25H48N6O5S. The van der Waals surface area contributed by atoms with Crippen molar-refractivity contribution >= 4 is 41.3 Å². The van der Waals surface area contributed by atoms with Gasteiger partial charge in [0.25, 0.3) is 0 Å². The van der Waals surface area contributed by atoms with Crippen LogP contribution in [0, 0.1) is 17.8 Å². The minimum Gasteiger partial charge on any atom is -0.368 e. The van der Waals surface area contributed by atoms with Gasteiger partial charge in [-0.2, -0.15) is 11.8 Å². The SMILES string of the molecule is CC[C@H](C)[C@H](NC(=O)CN)C(=O)N[C@H](C(=O)N[C@@H](CC(C)C)C(=O)N[C@@H](CCSC)C(N)=O)[C@@H](C)CC. The van der Waals surface area contributed by atoms with Crippen LogP contribution in [0.4, 0.5) is 0 Å². The van der Waals surface area contributed by atoms with E-state index in [9.17, 15) is 24.0 Å². The fraction of sp³-hybridized carbons (Fsp3) is 0.800. The average molecular weight is 545 g/mol. The van der Waals surface area contributed by atoms with Crippen molar-refractivity contribution in [2.24, 2.45) is 29.2 Å². The van der Waals surface area contributed by atoms with Crippen molar-refractivity contribution in [3.8, 4) is 0 Å². The summed E-state index contributed by atoms with van der Waals surface area (Å²) in [5.41, 5.74) is 10.9. The lowest BCUT2D eigenvalue weighted by Crippen LogP contribution is -2.60. The highest BCUT2D eigenvalue weighted by Crippen LogP contribution is 2.14. The van der Waals surface area contributed by atoms with Crippen molar-refractivity contribution < 1.29 is 24.0 Å². The maximum Gasteiger partial charge on any atom is 0.243 e. The molecule has 0 aromatic carbocycles. The third-order valence-electron chi connectivity index (χ3n) is 6.40. The van der Waals surface area contributed by atoms with Crippen LogP contribution in [-0.2, 0) is 24.0 Å². The molecule has 8 N–H and O–H groups in total. The predicted octanol–water partition coefficient (Wildman–Crippen LogP) is 0.261. The van der Waals surface area contributed by atoms with Crippen LogP contribution in [0.1, 0.15) is 67.2 Å². The summed E-state index contributed by atoms with van der Waals surface area (Å²) in [7, 11) is 0. The molecule has 0 radical (unpaired) electrons. The third-order valence-corrected chi connectivity index (χ3v) is 7.05. The standard InChI is InChI=1S/C25H48N6O5S/c1-8-15(5)20(30-19(32)13-26)25(36)31-21(16(6)9-2)24(35)29-18(12-14(3)4)23(34)28-17(22(27)33)10-11-37-7/h14-18,20-21H,8-13,26H2,1-7H3,(H2,27,33)(H,28,34)(H,29,35)(H,30,32)(H,31,36)/t15-,16-,17-,18-,20-,21-/m0/s1. The normalized spacial score (nSPS) is 16.0. The number of rotatable bonds is 18. The number of hydrogen-bond donors (Lipinski definition) is 6. The molecule has 0 spiro atoms. The lowest BCUT2D eigenvalue weighted by Gasteiger charge is -2.30. The van der Waals surface area contributed by atoms with Crippen molar-refractivity contribution in [1.29, 1.82) is 0 Å². The first kappa shape index (κ1) is 34.7. The van der Waals surface area contributed by atoms with Crippen LogP contribution in [0.3, 0.4) is 0 Å². The number of amides is 5. The van der Waals surface area contributed by atoms with E-state index in [-0.39, 0.29) is 24.3 Å². The Labute approximate surface area is 225 Å². The third kappa shape index (κ3) is 12.6. The van der Waals surface area contributed by atoms with E-state index < -0.39 is 53.7 Å². The van der Waals surface area contributed by atoms with Crippen LogP contribution in [-0.4, -0.2) is 72.3 Å². The molecule has 0 bridgehead atoms. The van der Waals surface area contributed by atoms with E-state index in [1.165, 1.54) is 11.8 Å². The molecule has 0 saturated carbocycles.